The van der Waals surface area contributed by atoms with E-state index in [4.69, 9.17) is 9.47 Å². The number of ether oxygens (including phenoxy) is 2. The Hall–Kier alpha value is -3.78. The molecule has 0 fully saturated rings. The van der Waals surface area contributed by atoms with Crippen molar-refractivity contribution >= 4 is 23.2 Å². The summed E-state index contributed by atoms with van der Waals surface area (Å²) in [5.41, 5.74) is 3.08. The molecule has 0 aliphatic heterocycles. The van der Waals surface area contributed by atoms with E-state index >= 15 is 0 Å². The Morgan fingerprint density at radius 2 is 1.87 bits per heavy atom. The van der Waals surface area contributed by atoms with Crippen LogP contribution in [0.3, 0.4) is 0 Å². The van der Waals surface area contributed by atoms with E-state index in [9.17, 15) is 4.79 Å². The van der Waals surface area contributed by atoms with Gasteiger partial charge in [-0.05, 0) is 34.9 Å². The van der Waals surface area contributed by atoms with Crippen molar-refractivity contribution in [1.29, 1.82) is 0 Å². The van der Waals surface area contributed by atoms with Crippen LogP contribution in [-0.2, 0) is 0 Å². The van der Waals surface area contributed by atoms with E-state index in [2.05, 4.69) is 20.6 Å². The van der Waals surface area contributed by atoms with Crippen molar-refractivity contribution < 1.29 is 14.3 Å². The zero-order chi connectivity index (χ0) is 20.9. The van der Waals surface area contributed by atoms with Crippen molar-refractivity contribution in [3.63, 3.8) is 0 Å². The number of carbonyl (C=O) groups is 1. The van der Waals surface area contributed by atoms with Gasteiger partial charge in [0.25, 0.3) is 0 Å². The molecule has 150 valence electrons. The molecule has 0 saturated heterocycles. The highest BCUT2D eigenvalue weighted by Gasteiger charge is 2.13. The topological polar surface area (TPSA) is 90.0 Å². The van der Waals surface area contributed by atoms with Crippen LogP contribution >= 0.6 is 11.3 Å². The van der Waals surface area contributed by atoms with Crippen LogP contribution in [0.15, 0.2) is 60.0 Å². The summed E-state index contributed by atoms with van der Waals surface area (Å²) in [7, 11) is 3.22. The average Bonchev–Trinajstić information content (AvgIpc) is 3.51. The van der Waals surface area contributed by atoms with Gasteiger partial charge in [0.05, 0.1) is 14.2 Å². The molecule has 7 nitrogen and oxygen atoms in total. The SMILES string of the molecule is COc1cc(OC)c(-c2cccs2)cc1C=CC(=O)c1ccc(-c2nn[nH]n2)cc1. The van der Waals surface area contributed by atoms with Crippen LogP contribution in [0.4, 0.5) is 0 Å². The zero-order valence-electron chi connectivity index (χ0n) is 16.3. The third-order valence-electron chi connectivity index (χ3n) is 4.53. The van der Waals surface area contributed by atoms with Crippen molar-refractivity contribution in [3.05, 3.63) is 71.1 Å². The standard InChI is InChI=1S/C22H18N4O3S/c1-28-19-13-20(29-2)17(21-4-3-11-30-21)12-16(19)9-10-18(27)14-5-7-15(8-6-14)22-23-25-26-24-22/h3-13H,1-2H3,(H,23,24,25,26). The smallest absolute Gasteiger partial charge is 0.204 e. The number of nitrogens with zero attached hydrogens (tertiary/aromatic N) is 3. The van der Waals surface area contributed by atoms with E-state index < -0.39 is 0 Å². The highest BCUT2D eigenvalue weighted by atomic mass is 32.1. The van der Waals surface area contributed by atoms with E-state index in [-0.39, 0.29) is 5.78 Å². The number of rotatable bonds is 7. The van der Waals surface area contributed by atoms with Crippen LogP contribution in [-0.4, -0.2) is 40.6 Å². The molecule has 2 aromatic heterocycles. The Kier molecular flexibility index (Phi) is 5.67. The van der Waals surface area contributed by atoms with Gasteiger partial charge in [-0.15, -0.1) is 21.5 Å². The van der Waals surface area contributed by atoms with Gasteiger partial charge in [0.2, 0.25) is 5.82 Å². The zero-order valence-corrected chi connectivity index (χ0v) is 17.1. The monoisotopic (exact) mass is 418 g/mol. The molecule has 2 heterocycles. The molecule has 1 N–H and O–H groups in total. The Labute approximate surface area is 177 Å². The number of allylic oxidation sites excluding steroid dienone is 1. The Morgan fingerprint density at radius 1 is 1.07 bits per heavy atom. The number of nitrogens with one attached hydrogen (secondary N) is 1. The predicted octanol–water partition coefficient (Wildman–Crippen LogP) is 4.51. The predicted molar refractivity (Wildman–Crippen MR) is 116 cm³/mol. The Bertz CT molecular complexity index is 1170. The third-order valence-corrected chi connectivity index (χ3v) is 5.43. The van der Waals surface area contributed by atoms with Crippen molar-refractivity contribution in [2.75, 3.05) is 14.2 Å². The van der Waals surface area contributed by atoms with Crippen LogP contribution in [0.5, 0.6) is 11.5 Å². The first-order valence-corrected chi connectivity index (χ1v) is 9.93. The molecule has 0 unspecified atom stereocenters. The van der Waals surface area contributed by atoms with Gasteiger partial charge < -0.3 is 9.47 Å². The van der Waals surface area contributed by atoms with Gasteiger partial charge in [0, 0.05) is 33.2 Å². The van der Waals surface area contributed by atoms with Crippen LogP contribution in [0, 0.1) is 0 Å². The van der Waals surface area contributed by atoms with Gasteiger partial charge in [0.15, 0.2) is 5.78 Å². The van der Waals surface area contributed by atoms with Crippen molar-refractivity contribution in [3.8, 4) is 33.3 Å². The molecule has 0 atom stereocenters. The summed E-state index contributed by atoms with van der Waals surface area (Å²) in [6, 6.07) is 14.9. The van der Waals surface area contributed by atoms with Crippen LogP contribution in [0.2, 0.25) is 0 Å². The van der Waals surface area contributed by atoms with E-state index in [1.807, 2.05) is 29.6 Å². The molecule has 0 saturated carbocycles. The number of carbonyl (C=O) groups excluding carboxylic acids is 1. The van der Waals surface area contributed by atoms with Gasteiger partial charge in [0.1, 0.15) is 11.5 Å². The van der Waals surface area contributed by atoms with Gasteiger partial charge in [-0.2, -0.15) is 5.21 Å². The summed E-state index contributed by atoms with van der Waals surface area (Å²) in [6.07, 6.45) is 3.29. The van der Waals surface area contributed by atoms with Gasteiger partial charge in [-0.3, -0.25) is 4.79 Å². The fourth-order valence-electron chi connectivity index (χ4n) is 3.01. The summed E-state index contributed by atoms with van der Waals surface area (Å²) >= 11 is 1.62. The second kappa shape index (κ2) is 8.71. The number of ketones is 1. The number of thiophene rings is 1. The lowest BCUT2D eigenvalue weighted by molar-refractivity contribution is 0.104. The first kappa shape index (κ1) is 19.5. The maximum atomic E-state index is 12.7. The number of aromatic nitrogens is 4. The minimum absolute atomic E-state index is 0.120. The molecular formula is C22H18N4O3S. The van der Waals surface area contributed by atoms with Crippen molar-refractivity contribution in [2.45, 2.75) is 0 Å². The molecule has 0 spiro atoms. The van der Waals surface area contributed by atoms with Crippen LogP contribution in [0.25, 0.3) is 27.9 Å². The van der Waals surface area contributed by atoms with Gasteiger partial charge >= 0.3 is 0 Å². The molecule has 4 rings (SSSR count). The second-order valence-electron chi connectivity index (χ2n) is 6.28. The molecule has 0 bridgehead atoms. The van der Waals surface area contributed by atoms with Crippen molar-refractivity contribution in [2.24, 2.45) is 0 Å². The van der Waals surface area contributed by atoms with E-state index in [0.29, 0.717) is 17.1 Å². The third kappa shape index (κ3) is 3.99. The molecule has 2 aromatic carbocycles. The summed E-state index contributed by atoms with van der Waals surface area (Å²) in [4.78, 5) is 13.7. The highest BCUT2D eigenvalue weighted by molar-refractivity contribution is 7.13. The maximum absolute atomic E-state index is 12.7. The van der Waals surface area contributed by atoms with Crippen LogP contribution in [0.1, 0.15) is 15.9 Å². The first-order valence-electron chi connectivity index (χ1n) is 9.06. The summed E-state index contributed by atoms with van der Waals surface area (Å²) < 4.78 is 11.0. The number of tetrazole rings is 1. The summed E-state index contributed by atoms with van der Waals surface area (Å²) in [5.74, 6) is 1.71. The lowest BCUT2D eigenvalue weighted by atomic mass is 10.0. The minimum Gasteiger partial charge on any atom is -0.496 e. The fourth-order valence-corrected chi connectivity index (χ4v) is 3.75. The number of hydrogen-bond donors (Lipinski definition) is 1. The molecule has 30 heavy (non-hydrogen) atoms. The summed E-state index contributed by atoms with van der Waals surface area (Å²) in [5, 5.41) is 15.8. The fraction of sp³-hybridized carbons (Fsp3) is 0.0909. The second-order valence-corrected chi connectivity index (χ2v) is 7.23. The molecule has 8 heteroatoms. The molecule has 0 aliphatic rings. The van der Waals surface area contributed by atoms with E-state index in [1.54, 1.807) is 55.9 Å². The quantitative estimate of drug-likeness (QED) is 0.351. The number of H-pyrrole nitrogens is 1. The average molecular weight is 418 g/mol. The Balaban J connectivity index is 1.61. The largest absolute Gasteiger partial charge is 0.496 e. The lowest BCUT2D eigenvalue weighted by Crippen LogP contribution is -1.96. The summed E-state index contributed by atoms with van der Waals surface area (Å²) in [6.45, 7) is 0. The number of benzene rings is 2. The molecule has 0 aliphatic carbocycles. The Morgan fingerprint density at radius 3 is 2.50 bits per heavy atom. The molecule has 0 amide bonds. The number of aromatic amines is 1. The highest BCUT2D eigenvalue weighted by Crippen LogP contribution is 2.38. The normalized spacial score (nSPS) is 11.0. The molecular weight excluding hydrogens is 400 g/mol. The number of hydrogen-bond acceptors (Lipinski definition) is 7. The van der Waals surface area contributed by atoms with Gasteiger partial charge in [-0.1, -0.05) is 30.3 Å². The van der Waals surface area contributed by atoms with E-state index in [1.165, 1.54) is 6.08 Å². The van der Waals surface area contributed by atoms with Crippen LogP contribution < -0.4 is 9.47 Å². The molecule has 4 aromatic rings. The van der Waals surface area contributed by atoms with E-state index in [0.717, 1.165) is 27.3 Å². The minimum atomic E-state index is -0.120. The number of methoxy groups -OCH3 is 2. The lowest BCUT2D eigenvalue weighted by Gasteiger charge is -2.12. The molecule has 0 radical (unpaired) electrons. The first-order chi connectivity index (χ1) is 14.7. The van der Waals surface area contributed by atoms with Crippen molar-refractivity contribution in [1.82, 2.24) is 20.6 Å². The van der Waals surface area contributed by atoms with Gasteiger partial charge in [-0.25, -0.2) is 0 Å². The maximum Gasteiger partial charge on any atom is 0.204 e.